The number of fused-ring (bicyclic) bond motifs is 1. The smallest absolute Gasteiger partial charge is 0.268 e. The molecule has 30 heavy (non-hydrogen) atoms. The Bertz CT molecular complexity index is 995. The molecule has 0 radical (unpaired) electrons. The summed E-state index contributed by atoms with van der Waals surface area (Å²) < 4.78 is 18.5. The van der Waals surface area contributed by atoms with Crippen molar-refractivity contribution in [2.24, 2.45) is 12.5 Å². The Labute approximate surface area is 194 Å². The molecule has 1 aromatic carbocycles. The largest absolute Gasteiger partial charge is 0.598 e. The summed E-state index contributed by atoms with van der Waals surface area (Å²) in [4.78, 5) is 19.1. The summed E-state index contributed by atoms with van der Waals surface area (Å²) >= 11 is 0.894. The Morgan fingerprint density at radius 1 is 1.27 bits per heavy atom. The van der Waals surface area contributed by atoms with Gasteiger partial charge in [0.05, 0.1) is 9.61 Å². The van der Waals surface area contributed by atoms with E-state index in [1.165, 1.54) is 11.1 Å². The topological polar surface area (TPSA) is 73.2 Å². The molecule has 0 unspecified atom stereocenters. The molecule has 1 aliphatic heterocycles. The molecule has 1 fully saturated rings. The van der Waals surface area contributed by atoms with Crippen molar-refractivity contribution < 1.29 is 4.55 Å². The van der Waals surface area contributed by atoms with Crippen LogP contribution in [0.3, 0.4) is 0 Å². The van der Waals surface area contributed by atoms with Crippen LogP contribution in [0.4, 0.5) is 5.95 Å². The second-order valence-corrected chi connectivity index (χ2v) is 12.6. The minimum absolute atomic E-state index is 0.00530. The molecule has 0 saturated carbocycles. The third kappa shape index (κ3) is 3.91. The maximum absolute atomic E-state index is 13.0. The number of anilines is 1. The van der Waals surface area contributed by atoms with Crippen LogP contribution in [-0.4, -0.2) is 31.9 Å². The Balaban J connectivity index is 1.60. The number of rotatable bonds is 3. The molecule has 1 aliphatic carbocycles. The normalized spacial score (nSPS) is 21.7. The third-order valence-electron chi connectivity index (χ3n) is 6.45. The quantitative estimate of drug-likeness (QED) is 0.478. The number of aromatic nitrogens is 2. The summed E-state index contributed by atoms with van der Waals surface area (Å²) in [5.41, 5.74) is 2.66. The van der Waals surface area contributed by atoms with Gasteiger partial charge in [-0.2, -0.15) is 0 Å². The van der Waals surface area contributed by atoms with Crippen LogP contribution in [0.1, 0.15) is 50.8 Å². The molecule has 1 N–H and O–H groups in total. The average Bonchev–Trinajstić information content (AvgIpc) is 2.99. The van der Waals surface area contributed by atoms with E-state index in [2.05, 4.69) is 38.9 Å². The van der Waals surface area contributed by atoms with Crippen molar-refractivity contribution >= 4 is 39.9 Å². The molecule has 2 aromatic rings. The van der Waals surface area contributed by atoms with E-state index < -0.39 is 11.4 Å². The Kier molecular flexibility index (Phi) is 5.97. The first-order valence-electron chi connectivity index (χ1n) is 10.3. The predicted molar refractivity (Wildman–Crippen MR) is 130 cm³/mol. The lowest BCUT2D eigenvalue weighted by atomic mass is 9.73. The zero-order valence-electron chi connectivity index (χ0n) is 17.9. The summed E-state index contributed by atoms with van der Waals surface area (Å²) in [5, 5.41) is 0. The second-order valence-electron chi connectivity index (χ2n) is 9.43. The zero-order valence-corrected chi connectivity index (χ0v) is 20.9. The van der Waals surface area contributed by atoms with Crippen LogP contribution in [0.5, 0.6) is 0 Å². The second kappa shape index (κ2) is 8.11. The highest BCUT2D eigenvalue weighted by atomic mass is 127. The number of benzene rings is 1. The first-order valence-corrected chi connectivity index (χ1v) is 12.6. The van der Waals surface area contributed by atoms with Gasteiger partial charge in [0.25, 0.3) is 5.56 Å². The van der Waals surface area contributed by atoms with Gasteiger partial charge in [0.15, 0.2) is 0 Å². The summed E-state index contributed by atoms with van der Waals surface area (Å²) in [6.07, 6.45) is 4.57. The summed E-state index contributed by atoms with van der Waals surface area (Å²) in [7, 11) is 1.79. The summed E-state index contributed by atoms with van der Waals surface area (Å²) in [5.74, 6) is 0.730. The number of piperidine rings is 1. The first kappa shape index (κ1) is 22.1. The number of hydrogen-bond acceptors (Lipinski definition) is 5. The van der Waals surface area contributed by atoms with Crippen LogP contribution in [0, 0.1) is 8.99 Å². The molecule has 2 heterocycles. The predicted octanol–water partition coefficient (Wildman–Crippen LogP) is 3.32. The fraction of sp³-hybridized carbons (Fsp3) is 0.545. The lowest BCUT2D eigenvalue weighted by Gasteiger charge is -2.44. The molecule has 6 nitrogen and oxygen atoms in total. The Morgan fingerprint density at radius 2 is 1.93 bits per heavy atom. The lowest BCUT2D eigenvalue weighted by Crippen LogP contribution is -2.50. The van der Waals surface area contributed by atoms with E-state index in [9.17, 15) is 9.35 Å². The molecule has 2 atom stereocenters. The first-order chi connectivity index (χ1) is 14.1. The summed E-state index contributed by atoms with van der Waals surface area (Å²) in [6.45, 7) is 7.68. The molecular formula is C22H29IN4O2S. The van der Waals surface area contributed by atoms with Crippen LogP contribution in [0.25, 0.3) is 0 Å². The molecule has 8 heteroatoms. The van der Waals surface area contributed by atoms with Crippen molar-refractivity contribution in [3.05, 3.63) is 55.5 Å². The van der Waals surface area contributed by atoms with Gasteiger partial charge in [-0.15, -0.1) is 4.72 Å². The molecule has 0 bridgehead atoms. The van der Waals surface area contributed by atoms with E-state index in [-0.39, 0.29) is 21.8 Å². The maximum Gasteiger partial charge on any atom is 0.268 e. The zero-order chi connectivity index (χ0) is 21.7. The monoisotopic (exact) mass is 540 g/mol. The Hall–Kier alpha value is -1.10. The van der Waals surface area contributed by atoms with Gasteiger partial charge in [-0.05, 0) is 73.8 Å². The standard InChI is InChI=1S/C22H29IN4O2S/c1-21(2,3)30(29)25-18-16-8-6-5-7-15(16)13-22(18)9-11-27(12-10-22)20-24-14-17(23)19(28)26(20)4/h5-8,14,18,25H,9-13H2,1-4H3/t18-,30-/m1/s1. The molecule has 1 aromatic heterocycles. The lowest BCUT2D eigenvalue weighted by molar-refractivity contribution is 0.175. The van der Waals surface area contributed by atoms with Crippen LogP contribution in [0.15, 0.2) is 35.3 Å². The van der Waals surface area contributed by atoms with Crippen molar-refractivity contribution in [3.63, 3.8) is 0 Å². The number of hydrogen-bond donors (Lipinski definition) is 1. The van der Waals surface area contributed by atoms with Crippen molar-refractivity contribution in [2.45, 2.75) is 50.8 Å². The van der Waals surface area contributed by atoms with E-state index in [1.807, 2.05) is 43.4 Å². The van der Waals surface area contributed by atoms with Crippen molar-refractivity contribution in [1.29, 1.82) is 0 Å². The van der Waals surface area contributed by atoms with E-state index in [0.29, 0.717) is 3.57 Å². The number of halogens is 1. The fourth-order valence-electron chi connectivity index (χ4n) is 4.68. The van der Waals surface area contributed by atoms with Gasteiger partial charge in [-0.3, -0.25) is 9.36 Å². The van der Waals surface area contributed by atoms with Crippen molar-refractivity contribution in [2.75, 3.05) is 18.0 Å². The van der Waals surface area contributed by atoms with Gasteiger partial charge in [-0.25, -0.2) is 4.98 Å². The minimum atomic E-state index is -1.14. The molecular weight excluding hydrogens is 511 g/mol. The fourth-order valence-corrected chi connectivity index (χ4v) is 6.12. The van der Waals surface area contributed by atoms with E-state index in [1.54, 1.807) is 17.8 Å². The van der Waals surface area contributed by atoms with Crippen molar-refractivity contribution in [3.8, 4) is 0 Å². The third-order valence-corrected chi connectivity index (χ3v) is 8.75. The molecule has 0 amide bonds. The van der Waals surface area contributed by atoms with E-state index in [4.69, 9.17) is 0 Å². The highest BCUT2D eigenvalue weighted by Gasteiger charge is 2.50. The van der Waals surface area contributed by atoms with E-state index >= 15 is 0 Å². The molecule has 4 rings (SSSR count). The van der Waals surface area contributed by atoms with Gasteiger partial charge >= 0.3 is 0 Å². The summed E-state index contributed by atoms with van der Waals surface area (Å²) in [6, 6.07) is 8.63. The number of nitrogens with zero attached hydrogens (tertiary/aromatic N) is 3. The highest BCUT2D eigenvalue weighted by molar-refractivity contribution is 14.1. The van der Waals surface area contributed by atoms with Crippen LogP contribution in [-0.2, 0) is 24.8 Å². The SMILES string of the molecule is Cn1c(N2CCC3(CC2)Cc2ccccc2[C@H]3N[S@+]([O-])C(C)(C)C)ncc(I)c1=O. The van der Waals surface area contributed by atoms with Crippen LogP contribution < -0.4 is 15.2 Å². The van der Waals surface area contributed by atoms with Gasteiger partial charge < -0.3 is 9.45 Å². The van der Waals surface area contributed by atoms with Gasteiger partial charge in [0.2, 0.25) is 5.95 Å². The molecule has 162 valence electrons. The van der Waals surface area contributed by atoms with Gasteiger partial charge in [0.1, 0.15) is 4.75 Å². The minimum Gasteiger partial charge on any atom is -0.598 e. The average molecular weight is 540 g/mol. The molecule has 2 aliphatic rings. The molecule has 1 spiro atoms. The maximum atomic E-state index is 13.0. The van der Waals surface area contributed by atoms with Gasteiger partial charge in [-0.1, -0.05) is 24.3 Å². The van der Waals surface area contributed by atoms with Gasteiger partial charge in [0, 0.05) is 43.1 Å². The number of nitrogens with one attached hydrogen (secondary N) is 1. The van der Waals surface area contributed by atoms with Crippen molar-refractivity contribution in [1.82, 2.24) is 14.3 Å². The van der Waals surface area contributed by atoms with Crippen LogP contribution in [0.2, 0.25) is 0 Å². The highest BCUT2D eigenvalue weighted by Crippen LogP contribution is 2.52. The molecule has 1 saturated heterocycles. The Morgan fingerprint density at radius 3 is 2.60 bits per heavy atom. The van der Waals surface area contributed by atoms with Crippen LogP contribution >= 0.6 is 22.6 Å². The van der Waals surface area contributed by atoms with E-state index in [0.717, 1.165) is 38.3 Å².